The molecule has 3 nitrogen and oxygen atoms in total. The minimum absolute atomic E-state index is 0.0535. The van der Waals surface area contributed by atoms with Crippen LogP contribution in [0.4, 0.5) is 0 Å². The van der Waals surface area contributed by atoms with E-state index in [1.54, 1.807) is 0 Å². The molecule has 0 radical (unpaired) electrons. The van der Waals surface area contributed by atoms with Crippen LogP contribution in [-0.2, 0) is 14.3 Å². The van der Waals surface area contributed by atoms with Crippen molar-refractivity contribution in [2.45, 2.75) is 39.7 Å². The molecule has 1 aliphatic rings. The van der Waals surface area contributed by atoms with E-state index in [0.29, 0.717) is 24.9 Å². The second-order valence-electron chi connectivity index (χ2n) is 4.04. The van der Waals surface area contributed by atoms with E-state index in [1.807, 2.05) is 6.92 Å². The highest BCUT2D eigenvalue weighted by molar-refractivity contribution is 5.70. The van der Waals surface area contributed by atoms with Crippen LogP contribution in [0.2, 0.25) is 0 Å². The zero-order valence-electron chi connectivity index (χ0n) is 9.29. The Bertz CT molecular complexity index is 191. The van der Waals surface area contributed by atoms with Crippen molar-refractivity contribution in [3.63, 3.8) is 0 Å². The maximum atomic E-state index is 11.3. The number of carbonyl (C=O) groups is 1. The number of esters is 1. The lowest BCUT2D eigenvalue weighted by molar-refractivity contribution is -0.149. The minimum Gasteiger partial charge on any atom is -0.466 e. The molecule has 3 atom stereocenters. The molecule has 3 heteroatoms. The lowest BCUT2D eigenvalue weighted by Gasteiger charge is -2.33. The van der Waals surface area contributed by atoms with Crippen LogP contribution < -0.4 is 0 Å². The van der Waals surface area contributed by atoms with E-state index in [0.717, 1.165) is 13.0 Å². The van der Waals surface area contributed by atoms with Crippen LogP contribution in [0.25, 0.3) is 0 Å². The van der Waals surface area contributed by atoms with Gasteiger partial charge in [-0.05, 0) is 25.2 Å². The highest BCUT2D eigenvalue weighted by atomic mass is 16.5. The summed E-state index contributed by atoms with van der Waals surface area (Å²) in [5.41, 5.74) is 0. The van der Waals surface area contributed by atoms with E-state index in [1.165, 1.54) is 0 Å². The third kappa shape index (κ3) is 2.98. The predicted octanol–water partition coefficient (Wildman–Crippen LogP) is 2.00. The van der Waals surface area contributed by atoms with E-state index < -0.39 is 0 Å². The summed E-state index contributed by atoms with van der Waals surface area (Å²) in [6, 6.07) is 0. The van der Waals surface area contributed by atoms with Crippen LogP contribution in [-0.4, -0.2) is 25.3 Å². The number of rotatable bonds is 3. The maximum absolute atomic E-state index is 11.3. The summed E-state index contributed by atoms with van der Waals surface area (Å²) in [5.74, 6) is 0.954. The smallest absolute Gasteiger partial charge is 0.308 e. The van der Waals surface area contributed by atoms with Gasteiger partial charge in [-0.2, -0.15) is 0 Å². The summed E-state index contributed by atoms with van der Waals surface area (Å²) < 4.78 is 10.5. The monoisotopic (exact) mass is 200 g/mol. The topological polar surface area (TPSA) is 35.5 Å². The predicted molar refractivity (Wildman–Crippen MR) is 53.9 cm³/mol. The van der Waals surface area contributed by atoms with Gasteiger partial charge in [0.1, 0.15) is 0 Å². The molecule has 0 aromatic rings. The largest absolute Gasteiger partial charge is 0.466 e. The van der Waals surface area contributed by atoms with Crippen LogP contribution in [0.5, 0.6) is 0 Å². The molecule has 14 heavy (non-hydrogen) atoms. The summed E-state index contributed by atoms with van der Waals surface area (Å²) in [6.45, 7) is 7.41. The molecular formula is C11H20O3. The second-order valence-corrected chi connectivity index (χ2v) is 4.04. The van der Waals surface area contributed by atoms with Crippen molar-refractivity contribution < 1.29 is 14.3 Å². The lowest BCUT2D eigenvalue weighted by atomic mass is 9.85. The van der Waals surface area contributed by atoms with Gasteiger partial charge in [-0.3, -0.25) is 4.79 Å². The molecule has 0 unspecified atom stereocenters. The number of ether oxygens (including phenoxy) is 2. The van der Waals surface area contributed by atoms with E-state index in [2.05, 4.69) is 13.8 Å². The van der Waals surface area contributed by atoms with Gasteiger partial charge < -0.3 is 9.47 Å². The Hall–Kier alpha value is -0.570. The van der Waals surface area contributed by atoms with Gasteiger partial charge in [0, 0.05) is 6.61 Å². The van der Waals surface area contributed by atoms with Crippen LogP contribution in [0, 0.1) is 11.8 Å². The first-order valence-electron chi connectivity index (χ1n) is 5.42. The molecule has 0 spiro atoms. The van der Waals surface area contributed by atoms with Crippen LogP contribution in [0.3, 0.4) is 0 Å². The van der Waals surface area contributed by atoms with Gasteiger partial charge in [0.05, 0.1) is 19.1 Å². The van der Waals surface area contributed by atoms with E-state index in [9.17, 15) is 4.79 Å². The molecule has 0 N–H and O–H groups in total. The van der Waals surface area contributed by atoms with Crippen LogP contribution >= 0.6 is 0 Å². The molecule has 0 amide bonds. The molecule has 0 aromatic carbocycles. The molecule has 82 valence electrons. The van der Waals surface area contributed by atoms with Crippen molar-refractivity contribution in [1.82, 2.24) is 0 Å². The van der Waals surface area contributed by atoms with E-state index >= 15 is 0 Å². The molecular weight excluding hydrogens is 180 g/mol. The van der Waals surface area contributed by atoms with Gasteiger partial charge in [0.2, 0.25) is 0 Å². The summed E-state index contributed by atoms with van der Waals surface area (Å²) in [7, 11) is 0. The summed E-state index contributed by atoms with van der Waals surface area (Å²) >= 11 is 0. The number of hydrogen-bond donors (Lipinski definition) is 0. The first-order valence-corrected chi connectivity index (χ1v) is 5.42. The zero-order valence-corrected chi connectivity index (χ0v) is 9.29. The second kappa shape index (κ2) is 5.35. The third-order valence-corrected chi connectivity index (χ3v) is 3.06. The highest BCUT2D eigenvalue weighted by Crippen LogP contribution is 2.28. The average Bonchev–Trinajstić information content (AvgIpc) is 2.13. The highest BCUT2D eigenvalue weighted by Gasteiger charge is 2.29. The molecule has 0 bridgehead atoms. The third-order valence-electron chi connectivity index (χ3n) is 3.06. The first kappa shape index (κ1) is 11.5. The molecule has 1 aliphatic heterocycles. The van der Waals surface area contributed by atoms with Gasteiger partial charge in [0.25, 0.3) is 0 Å². The van der Waals surface area contributed by atoms with Gasteiger partial charge in [0.15, 0.2) is 0 Å². The Morgan fingerprint density at radius 2 is 2.21 bits per heavy atom. The van der Waals surface area contributed by atoms with Crippen molar-refractivity contribution >= 4 is 5.97 Å². The summed E-state index contributed by atoms with van der Waals surface area (Å²) in [4.78, 5) is 11.3. The Morgan fingerprint density at radius 3 is 2.86 bits per heavy atom. The van der Waals surface area contributed by atoms with Crippen LogP contribution in [0.15, 0.2) is 0 Å². The fourth-order valence-electron chi connectivity index (χ4n) is 1.82. The fourth-order valence-corrected chi connectivity index (χ4v) is 1.82. The van der Waals surface area contributed by atoms with Gasteiger partial charge >= 0.3 is 5.97 Å². The van der Waals surface area contributed by atoms with Gasteiger partial charge in [-0.1, -0.05) is 13.8 Å². The first-order chi connectivity index (χ1) is 6.65. The Balaban J connectivity index is 2.39. The lowest BCUT2D eigenvalue weighted by Crippen LogP contribution is -2.35. The van der Waals surface area contributed by atoms with Crippen molar-refractivity contribution in [3.05, 3.63) is 0 Å². The standard InChI is InChI=1S/C11H20O3/c1-4-13-11(12)7-10-9(3)8(2)5-6-14-10/h8-10H,4-7H2,1-3H3/t8-,9+,10-/m1/s1. The maximum Gasteiger partial charge on any atom is 0.308 e. The molecule has 0 aliphatic carbocycles. The van der Waals surface area contributed by atoms with E-state index in [4.69, 9.17) is 9.47 Å². The summed E-state index contributed by atoms with van der Waals surface area (Å²) in [5, 5.41) is 0. The van der Waals surface area contributed by atoms with Gasteiger partial charge in [-0.15, -0.1) is 0 Å². The average molecular weight is 200 g/mol. The molecule has 1 rings (SSSR count). The Labute approximate surface area is 85.8 Å². The normalized spacial score (nSPS) is 32.6. The van der Waals surface area contributed by atoms with Gasteiger partial charge in [-0.25, -0.2) is 0 Å². The molecule has 1 fully saturated rings. The van der Waals surface area contributed by atoms with Crippen molar-refractivity contribution in [1.29, 1.82) is 0 Å². The van der Waals surface area contributed by atoms with Crippen molar-refractivity contribution in [2.75, 3.05) is 13.2 Å². The fraction of sp³-hybridized carbons (Fsp3) is 0.909. The van der Waals surface area contributed by atoms with Crippen molar-refractivity contribution in [2.24, 2.45) is 11.8 Å². The van der Waals surface area contributed by atoms with Crippen LogP contribution in [0.1, 0.15) is 33.6 Å². The molecule has 1 heterocycles. The number of carbonyl (C=O) groups excluding carboxylic acids is 1. The quantitative estimate of drug-likeness (QED) is 0.654. The SMILES string of the molecule is CCOC(=O)C[C@H]1OCC[C@@H](C)[C@@H]1C. The Kier molecular flexibility index (Phi) is 4.39. The van der Waals surface area contributed by atoms with E-state index in [-0.39, 0.29) is 12.1 Å². The molecule has 1 saturated heterocycles. The van der Waals surface area contributed by atoms with Crippen molar-refractivity contribution in [3.8, 4) is 0 Å². The summed E-state index contributed by atoms with van der Waals surface area (Å²) in [6.07, 6.45) is 1.55. The molecule has 0 aromatic heterocycles. The zero-order chi connectivity index (χ0) is 10.6. The molecule has 0 saturated carbocycles. The minimum atomic E-state index is -0.140. The number of hydrogen-bond acceptors (Lipinski definition) is 3. The Morgan fingerprint density at radius 1 is 1.50 bits per heavy atom.